The summed E-state index contributed by atoms with van der Waals surface area (Å²) in [5, 5.41) is 26.7. The number of barbiturate groups is 2. The molecule has 112 heavy (non-hydrogen) atoms. The molecule has 2 aromatic heterocycles. The van der Waals surface area contributed by atoms with E-state index in [1.54, 1.807) is 0 Å². The van der Waals surface area contributed by atoms with E-state index in [-0.39, 0.29) is 145 Å². The molecule has 2 N–H and O–H groups in total. The van der Waals surface area contributed by atoms with Crippen LogP contribution in [0.15, 0.2) is 52.4 Å². The molecule has 3 aromatic rings. The van der Waals surface area contributed by atoms with Gasteiger partial charge in [0.15, 0.2) is 0 Å². The van der Waals surface area contributed by atoms with E-state index in [1.807, 2.05) is 55.4 Å². The molecule has 2 fully saturated rings. The normalized spacial score (nSPS) is 16.9. The molecule has 622 valence electrons. The third-order valence-corrected chi connectivity index (χ3v) is 25.0. The zero-order valence-corrected chi connectivity index (χ0v) is 71.5. The maximum Gasteiger partial charge on any atom is 0.333 e. The summed E-state index contributed by atoms with van der Waals surface area (Å²) in [7, 11) is 0. The van der Waals surface area contributed by atoms with Gasteiger partial charge in [0.05, 0.1) is 22.8 Å². The molecular weight excluding hydrogens is 1410 g/mol. The molecule has 6 heterocycles. The van der Waals surface area contributed by atoms with Crippen LogP contribution in [0.5, 0.6) is 11.8 Å². The summed E-state index contributed by atoms with van der Waals surface area (Å²) < 4.78 is 4.79. The lowest BCUT2D eigenvalue weighted by atomic mass is 9.88. The van der Waals surface area contributed by atoms with Gasteiger partial charge in [-0.15, -0.1) is 0 Å². The fourth-order valence-corrected chi connectivity index (χ4v) is 16.9. The van der Waals surface area contributed by atoms with Crippen LogP contribution < -0.4 is 22.5 Å². The van der Waals surface area contributed by atoms with Gasteiger partial charge in [-0.05, 0) is 111 Å². The summed E-state index contributed by atoms with van der Waals surface area (Å²) in [6, 6.07) is 1.48. The Balaban J connectivity index is 1.80. The van der Waals surface area contributed by atoms with Crippen molar-refractivity contribution < 1.29 is 39.0 Å². The van der Waals surface area contributed by atoms with Crippen molar-refractivity contribution in [3.05, 3.63) is 98.3 Å². The van der Waals surface area contributed by atoms with Crippen LogP contribution >= 0.6 is 0 Å². The highest BCUT2D eigenvalue weighted by atomic mass is 16.3. The first-order chi connectivity index (χ1) is 53.9. The Labute approximate surface area is 668 Å². The molecule has 0 aliphatic carbocycles. The lowest BCUT2D eigenvalue weighted by molar-refractivity contribution is -0.138. The van der Waals surface area contributed by atoms with E-state index in [1.165, 1.54) is 21.3 Å². The van der Waals surface area contributed by atoms with Crippen LogP contribution in [0.2, 0.25) is 0 Å². The van der Waals surface area contributed by atoms with E-state index in [2.05, 4.69) is 55.4 Å². The van der Waals surface area contributed by atoms with Gasteiger partial charge in [-0.2, -0.15) is 0 Å². The molecular formula is C90H140N10O12. The summed E-state index contributed by atoms with van der Waals surface area (Å²) in [6.45, 7) is 32.4. The maximum absolute atomic E-state index is 16.3. The smallest absolute Gasteiger partial charge is 0.333 e. The number of nitrogens with zero attached hydrogens (tertiary/aromatic N) is 10. The number of imide groups is 4. The first kappa shape index (κ1) is 91.4. The Morgan fingerprint density at radius 1 is 0.286 bits per heavy atom. The van der Waals surface area contributed by atoms with Crippen LogP contribution in [0.3, 0.4) is 0 Å². The second-order valence-corrected chi connectivity index (χ2v) is 32.9. The average Bonchev–Trinajstić information content (AvgIpc) is 1.54. The molecule has 0 bridgehead atoms. The van der Waals surface area contributed by atoms with Gasteiger partial charge in [-0.25, -0.2) is 29.2 Å². The number of carbonyl (C=O) groups excluding carboxylic acids is 6. The SMILES string of the molecule is CCCCC(CC)CN1C(=O)C(=C2N=C(c3c(O)n(CC(CC)CCCC)c(=O)n(CC(CC)CCCC)c3=O)c3cc4c(cc32)C(c2c(O)n(CC(CC)CCCC)c(=O)n(CC(CC)CCCC)c2=O)=NC4=C2C(=O)N(CC(CC)CCCC)C(=O)N(CC(CC)CCCC)C2=O)C(=O)N(CC(CC)CCCC)C1=O. The molecule has 8 amide bonds. The number of aromatic hydroxyl groups is 2. The van der Waals surface area contributed by atoms with Crippen LogP contribution in [0, 0.1) is 47.3 Å². The minimum Gasteiger partial charge on any atom is -0.494 e. The predicted octanol–water partition coefficient (Wildman–Crippen LogP) is 18.2. The van der Waals surface area contributed by atoms with Gasteiger partial charge < -0.3 is 10.2 Å². The van der Waals surface area contributed by atoms with E-state index in [0.717, 1.165) is 131 Å². The van der Waals surface area contributed by atoms with E-state index in [0.29, 0.717) is 103 Å². The van der Waals surface area contributed by atoms with Crippen LogP contribution in [-0.2, 0) is 45.4 Å². The average molecular weight is 1550 g/mol. The summed E-state index contributed by atoms with van der Waals surface area (Å²) in [6.07, 6.45) is 23.6. The number of unbranched alkanes of at least 4 members (excludes halogenated alkanes) is 8. The Kier molecular flexibility index (Phi) is 36.1. The van der Waals surface area contributed by atoms with Gasteiger partial charge >= 0.3 is 23.4 Å². The number of amides is 8. The van der Waals surface area contributed by atoms with Gasteiger partial charge in [0.2, 0.25) is 11.8 Å². The fraction of sp³-hybridized carbons (Fsp3) is 0.711. The predicted molar refractivity (Wildman–Crippen MR) is 449 cm³/mol. The van der Waals surface area contributed by atoms with Gasteiger partial charge in [0.1, 0.15) is 22.3 Å². The number of aliphatic imine (C=N–C) groups is 2. The second-order valence-electron chi connectivity index (χ2n) is 32.9. The number of hydrogen-bond acceptors (Lipinski definition) is 14. The van der Waals surface area contributed by atoms with E-state index < -0.39 is 92.2 Å². The van der Waals surface area contributed by atoms with Crippen molar-refractivity contribution in [3.63, 3.8) is 0 Å². The van der Waals surface area contributed by atoms with Gasteiger partial charge in [0.25, 0.3) is 34.7 Å². The molecule has 22 heteroatoms. The van der Waals surface area contributed by atoms with Crippen molar-refractivity contribution >= 4 is 58.5 Å². The molecule has 1 aromatic carbocycles. The third-order valence-electron chi connectivity index (χ3n) is 25.0. The monoisotopic (exact) mass is 1550 g/mol. The Bertz CT molecular complexity index is 3800. The molecule has 4 aliphatic rings. The lowest BCUT2D eigenvalue weighted by Crippen LogP contribution is -2.58. The quantitative estimate of drug-likeness (QED) is 0.0395. The number of urea groups is 2. The van der Waals surface area contributed by atoms with Crippen molar-refractivity contribution in [2.45, 2.75) is 342 Å². The van der Waals surface area contributed by atoms with Crippen LogP contribution in [0.4, 0.5) is 9.59 Å². The highest BCUT2D eigenvalue weighted by molar-refractivity contribution is 6.37. The Morgan fingerprint density at radius 2 is 0.491 bits per heavy atom. The molecule has 7 rings (SSSR count). The highest BCUT2D eigenvalue weighted by Gasteiger charge is 2.50. The molecule has 4 aliphatic heterocycles. The van der Waals surface area contributed by atoms with Crippen molar-refractivity contribution in [2.24, 2.45) is 57.3 Å². The van der Waals surface area contributed by atoms with Crippen LogP contribution in [-0.4, -0.2) is 121 Å². The maximum atomic E-state index is 16.3. The van der Waals surface area contributed by atoms with Crippen LogP contribution in [0.1, 0.15) is 350 Å². The first-order valence-corrected chi connectivity index (χ1v) is 44.3. The largest absolute Gasteiger partial charge is 0.494 e. The molecule has 22 nitrogen and oxygen atoms in total. The number of hydrogen-bond donors (Lipinski definition) is 2. The van der Waals surface area contributed by atoms with E-state index >= 15 is 47.9 Å². The van der Waals surface area contributed by atoms with Gasteiger partial charge in [0, 0.05) is 74.6 Å². The van der Waals surface area contributed by atoms with Crippen molar-refractivity contribution in [1.82, 2.24) is 37.9 Å². The van der Waals surface area contributed by atoms with Crippen molar-refractivity contribution in [1.29, 1.82) is 0 Å². The minimum absolute atomic E-state index is 0.00512. The molecule has 2 saturated heterocycles. The summed E-state index contributed by atoms with van der Waals surface area (Å²) in [5.74, 6) is -6.57. The topological polar surface area (TPSA) is 269 Å². The molecule has 8 unspecified atom stereocenters. The van der Waals surface area contributed by atoms with Crippen molar-refractivity contribution in [2.75, 3.05) is 26.2 Å². The zero-order chi connectivity index (χ0) is 82.2. The summed E-state index contributed by atoms with van der Waals surface area (Å²) >= 11 is 0. The molecule has 0 spiro atoms. The minimum atomic E-state index is -0.951. The number of aromatic nitrogens is 4. The standard InChI is InChI=1S/C90H140N10O12/c1-17-33-41-59(25-9)51-93-79(101)71(80(102)94(87(93)109)52-60(26-10)42-34-18-2)75-67-49-69-70(50-68(67)76(91-75)72-81(103)95(53-61(27-11)43-35-19-3)88(110)96(82(72)104)54-62(28-12)44-36-20-4)78(74-85(107)99(57-65(31-15)47-39-23-7)90(112)100(86(74)108)58-66(32-16)48-40-24-8)92-77(69)73-83(105)97(55-63(29-13)45-37-21-5)89(111)98(84(73)106)56-64(30-14)46-38-22-6/h49-50,59-66,101,107H,17-48,51-58H2,1-16H3. The number of benzene rings is 1. The third kappa shape index (κ3) is 20.8. The molecule has 8 atom stereocenters. The molecule has 0 saturated carbocycles. The van der Waals surface area contributed by atoms with Crippen LogP contribution in [0.25, 0.3) is 11.4 Å². The van der Waals surface area contributed by atoms with Gasteiger partial charge in [-0.1, -0.05) is 265 Å². The molecule has 0 radical (unpaired) electrons. The van der Waals surface area contributed by atoms with Crippen molar-refractivity contribution in [3.8, 4) is 11.8 Å². The Hall–Kier alpha value is -7.78. The zero-order valence-electron chi connectivity index (χ0n) is 71.5. The second kappa shape index (κ2) is 44.2. The van der Waals surface area contributed by atoms with E-state index in [4.69, 9.17) is 9.98 Å². The Morgan fingerprint density at radius 3 is 0.696 bits per heavy atom. The number of fused-ring (bicyclic) bond motifs is 2. The first-order valence-electron chi connectivity index (χ1n) is 44.3. The lowest BCUT2D eigenvalue weighted by Gasteiger charge is -2.37. The fourth-order valence-electron chi connectivity index (χ4n) is 16.9. The number of rotatable bonds is 50. The highest BCUT2D eigenvalue weighted by Crippen LogP contribution is 2.46. The van der Waals surface area contributed by atoms with Gasteiger partial charge in [-0.3, -0.25) is 66.6 Å². The number of carbonyl (C=O) groups is 6. The van der Waals surface area contributed by atoms with E-state index in [9.17, 15) is 10.2 Å². The summed E-state index contributed by atoms with van der Waals surface area (Å²) in [4.78, 5) is 175. The summed E-state index contributed by atoms with van der Waals surface area (Å²) in [5.41, 5.74) is -6.41.